The number of halogens is 1. The van der Waals surface area contributed by atoms with Gasteiger partial charge in [-0.25, -0.2) is 4.39 Å². The standard InChI is InChI=1S/C18H23F/c1-5-8-11-17-14(4)12-16(13-18(17)19)15(9-6-2)10-7-3/h9,12-13H,5-7,10H2,1-4H3/b15-9+. The first kappa shape index (κ1) is 15.5. The Morgan fingerprint density at radius 2 is 2.00 bits per heavy atom. The van der Waals surface area contributed by atoms with Crippen LogP contribution in [0.5, 0.6) is 0 Å². The second-order valence-corrected chi connectivity index (χ2v) is 4.69. The molecule has 0 spiro atoms. The van der Waals surface area contributed by atoms with Crippen molar-refractivity contribution in [2.24, 2.45) is 0 Å². The van der Waals surface area contributed by atoms with E-state index in [1.807, 2.05) is 13.8 Å². The Bertz CT molecular complexity index is 489. The fraction of sp³-hybridized carbons (Fsp3) is 0.444. The van der Waals surface area contributed by atoms with Gasteiger partial charge >= 0.3 is 0 Å². The van der Waals surface area contributed by atoms with E-state index >= 15 is 0 Å². The molecule has 0 heterocycles. The van der Waals surface area contributed by atoms with Gasteiger partial charge in [0.25, 0.3) is 0 Å². The molecule has 0 aromatic heterocycles. The Hall–Kier alpha value is -1.55. The molecule has 0 aliphatic rings. The average molecular weight is 258 g/mol. The normalized spacial score (nSPS) is 11.1. The van der Waals surface area contributed by atoms with Crippen LogP contribution in [0.25, 0.3) is 5.57 Å². The Morgan fingerprint density at radius 3 is 2.53 bits per heavy atom. The molecule has 0 atom stereocenters. The third-order valence-corrected chi connectivity index (χ3v) is 3.02. The first-order valence-electron chi connectivity index (χ1n) is 7.12. The van der Waals surface area contributed by atoms with Gasteiger partial charge in [0.1, 0.15) is 5.82 Å². The van der Waals surface area contributed by atoms with E-state index in [1.54, 1.807) is 6.07 Å². The minimum atomic E-state index is -0.200. The van der Waals surface area contributed by atoms with Crippen LogP contribution in [-0.4, -0.2) is 0 Å². The van der Waals surface area contributed by atoms with Gasteiger partial charge in [-0.2, -0.15) is 0 Å². The average Bonchev–Trinajstić information content (AvgIpc) is 2.37. The molecule has 102 valence electrons. The maximum absolute atomic E-state index is 14.1. The van der Waals surface area contributed by atoms with Gasteiger partial charge in [0.05, 0.1) is 5.56 Å². The van der Waals surface area contributed by atoms with Gasteiger partial charge in [-0.3, -0.25) is 0 Å². The summed E-state index contributed by atoms with van der Waals surface area (Å²) in [5.41, 5.74) is 3.70. The van der Waals surface area contributed by atoms with Crippen molar-refractivity contribution in [3.63, 3.8) is 0 Å². The minimum Gasteiger partial charge on any atom is -0.206 e. The molecule has 0 unspecified atom stereocenters. The second kappa shape index (κ2) is 7.79. The van der Waals surface area contributed by atoms with Crippen molar-refractivity contribution in [1.82, 2.24) is 0 Å². The molecule has 0 radical (unpaired) electrons. The zero-order valence-corrected chi connectivity index (χ0v) is 12.4. The van der Waals surface area contributed by atoms with Crippen LogP contribution in [0, 0.1) is 24.6 Å². The monoisotopic (exact) mass is 258 g/mol. The maximum Gasteiger partial charge on any atom is 0.139 e. The first-order chi connectivity index (χ1) is 9.13. The number of aryl methyl sites for hydroxylation is 1. The van der Waals surface area contributed by atoms with Crippen LogP contribution in [0.4, 0.5) is 4.39 Å². The van der Waals surface area contributed by atoms with Crippen molar-refractivity contribution < 1.29 is 4.39 Å². The smallest absolute Gasteiger partial charge is 0.139 e. The van der Waals surface area contributed by atoms with Crippen LogP contribution in [0.3, 0.4) is 0 Å². The Morgan fingerprint density at radius 1 is 1.26 bits per heavy atom. The lowest BCUT2D eigenvalue weighted by molar-refractivity contribution is 0.622. The van der Waals surface area contributed by atoms with Gasteiger partial charge in [0, 0.05) is 6.42 Å². The fourth-order valence-corrected chi connectivity index (χ4v) is 2.14. The fourth-order valence-electron chi connectivity index (χ4n) is 2.14. The van der Waals surface area contributed by atoms with E-state index in [0.29, 0.717) is 5.56 Å². The van der Waals surface area contributed by atoms with Crippen molar-refractivity contribution in [1.29, 1.82) is 0 Å². The van der Waals surface area contributed by atoms with Gasteiger partial charge in [0.2, 0.25) is 0 Å². The molecule has 19 heavy (non-hydrogen) atoms. The number of rotatable bonds is 4. The lowest BCUT2D eigenvalue weighted by atomic mass is 9.96. The van der Waals surface area contributed by atoms with Gasteiger partial charge in [-0.1, -0.05) is 51.2 Å². The van der Waals surface area contributed by atoms with Gasteiger partial charge < -0.3 is 0 Å². The highest BCUT2D eigenvalue weighted by atomic mass is 19.1. The Kier molecular flexibility index (Phi) is 6.36. The number of hydrogen-bond acceptors (Lipinski definition) is 0. The zero-order valence-electron chi connectivity index (χ0n) is 12.4. The lowest BCUT2D eigenvalue weighted by Crippen LogP contribution is -1.94. The Balaban J connectivity index is 3.22. The highest BCUT2D eigenvalue weighted by molar-refractivity contribution is 5.67. The number of benzene rings is 1. The van der Waals surface area contributed by atoms with Crippen LogP contribution >= 0.6 is 0 Å². The van der Waals surface area contributed by atoms with Crippen molar-refractivity contribution in [2.75, 3.05) is 0 Å². The lowest BCUT2D eigenvalue weighted by Gasteiger charge is -2.10. The summed E-state index contributed by atoms with van der Waals surface area (Å²) in [6.07, 6.45) is 5.98. The maximum atomic E-state index is 14.1. The van der Waals surface area contributed by atoms with Crippen molar-refractivity contribution in [3.8, 4) is 11.8 Å². The molecule has 0 amide bonds. The van der Waals surface area contributed by atoms with Gasteiger partial charge in [0.15, 0.2) is 0 Å². The minimum absolute atomic E-state index is 0.200. The summed E-state index contributed by atoms with van der Waals surface area (Å²) in [4.78, 5) is 0. The third kappa shape index (κ3) is 4.24. The predicted octanol–water partition coefficient (Wildman–Crippen LogP) is 5.49. The van der Waals surface area contributed by atoms with Crippen LogP contribution in [0.2, 0.25) is 0 Å². The second-order valence-electron chi connectivity index (χ2n) is 4.69. The van der Waals surface area contributed by atoms with Crippen LogP contribution in [0.15, 0.2) is 18.2 Å². The summed E-state index contributed by atoms with van der Waals surface area (Å²) >= 11 is 0. The quantitative estimate of drug-likeness (QED) is 0.626. The largest absolute Gasteiger partial charge is 0.206 e. The summed E-state index contributed by atoms with van der Waals surface area (Å²) in [6, 6.07) is 3.68. The van der Waals surface area contributed by atoms with Crippen LogP contribution in [-0.2, 0) is 0 Å². The van der Waals surface area contributed by atoms with Gasteiger partial charge in [-0.05, 0) is 42.5 Å². The van der Waals surface area contributed by atoms with Crippen molar-refractivity contribution in [2.45, 2.75) is 53.4 Å². The molecular formula is C18H23F. The molecule has 0 fully saturated rings. The number of hydrogen-bond donors (Lipinski definition) is 0. The van der Waals surface area contributed by atoms with E-state index in [0.717, 1.165) is 36.8 Å². The van der Waals surface area contributed by atoms with E-state index < -0.39 is 0 Å². The molecule has 0 bridgehead atoms. The van der Waals surface area contributed by atoms with E-state index in [-0.39, 0.29) is 5.82 Å². The topological polar surface area (TPSA) is 0 Å². The van der Waals surface area contributed by atoms with Crippen LogP contribution in [0.1, 0.15) is 63.1 Å². The summed E-state index contributed by atoms with van der Waals surface area (Å²) in [5, 5.41) is 0. The van der Waals surface area contributed by atoms with Gasteiger partial charge in [-0.15, -0.1) is 0 Å². The molecule has 0 N–H and O–H groups in total. The highest BCUT2D eigenvalue weighted by Gasteiger charge is 2.08. The molecule has 1 aromatic rings. The summed E-state index contributed by atoms with van der Waals surface area (Å²) in [6.45, 7) is 8.16. The molecule has 1 heteroatoms. The molecule has 1 aromatic carbocycles. The molecule has 0 aliphatic carbocycles. The summed E-state index contributed by atoms with van der Waals surface area (Å²) < 4.78 is 14.1. The van der Waals surface area contributed by atoms with E-state index in [2.05, 4.69) is 37.8 Å². The third-order valence-electron chi connectivity index (χ3n) is 3.02. The zero-order chi connectivity index (χ0) is 14.3. The highest BCUT2D eigenvalue weighted by Crippen LogP contribution is 2.25. The first-order valence-corrected chi connectivity index (χ1v) is 7.12. The Labute approximate surface area is 116 Å². The number of allylic oxidation sites excluding steroid dienone is 2. The molecule has 0 saturated heterocycles. The van der Waals surface area contributed by atoms with E-state index in [1.165, 1.54) is 5.57 Å². The van der Waals surface area contributed by atoms with Crippen LogP contribution < -0.4 is 0 Å². The molecule has 0 nitrogen and oxygen atoms in total. The van der Waals surface area contributed by atoms with E-state index in [4.69, 9.17) is 0 Å². The summed E-state index contributed by atoms with van der Waals surface area (Å²) in [7, 11) is 0. The SMILES string of the molecule is CCC#Cc1c(C)cc(/C(=C/CC)CCC)cc1F. The van der Waals surface area contributed by atoms with Crippen molar-refractivity contribution >= 4 is 5.57 Å². The van der Waals surface area contributed by atoms with E-state index in [9.17, 15) is 4.39 Å². The predicted molar refractivity (Wildman–Crippen MR) is 81.5 cm³/mol. The van der Waals surface area contributed by atoms with Crippen molar-refractivity contribution in [3.05, 3.63) is 40.7 Å². The molecule has 0 saturated carbocycles. The molecule has 0 aliphatic heterocycles. The molecular weight excluding hydrogens is 235 g/mol. The molecule has 1 rings (SSSR count). The summed E-state index contributed by atoms with van der Waals surface area (Å²) in [5.74, 6) is 5.66.